The molecule has 0 saturated carbocycles. The van der Waals surface area contributed by atoms with Gasteiger partial charge in [0.1, 0.15) is 0 Å². The number of carbonyl (C=O) groups excluding carboxylic acids is 2. The highest BCUT2D eigenvalue weighted by Crippen LogP contribution is 2.29. The quantitative estimate of drug-likeness (QED) is 0.216. The third kappa shape index (κ3) is 8.93. The molecule has 0 aliphatic carbocycles. The van der Waals surface area contributed by atoms with Crippen LogP contribution >= 0.6 is 0 Å². The standard InChI is InChI=1S/C32H40N2O6/c1-5-7-16-39-27-14-12-23(18-29(27)37-3)21-33-31(35)25-10-9-11-26(20-25)32(36)34-22-24-13-15-28(30(19-24)38-4)40-17-8-6-2/h9-15,18-20H,5-8,16-17,21-22H2,1-4H3,(H,33,35)(H,34,36). The van der Waals surface area contributed by atoms with Gasteiger partial charge in [0.15, 0.2) is 23.0 Å². The van der Waals surface area contributed by atoms with E-state index in [-0.39, 0.29) is 11.8 Å². The third-order valence-corrected chi connectivity index (χ3v) is 6.26. The van der Waals surface area contributed by atoms with Gasteiger partial charge in [0.2, 0.25) is 0 Å². The second-order valence-electron chi connectivity index (χ2n) is 9.32. The Balaban J connectivity index is 1.56. The first kappa shape index (κ1) is 30.3. The molecule has 2 amide bonds. The van der Waals surface area contributed by atoms with E-state index in [2.05, 4.69) is 24.5 Å². The summed E-state index contributed by atoms with van der Waals surface area (Å²) in [4.78, 5) is 25.7. The molecule has 8 heteroatoms. The van der Waals surface area contributed by atoms with E-state index in [0.717, 1.165) is 36.8 Å². The number of amides is 2. The Bertz CT molecular complexity index is 1170. The first-order valence-electron chi connectivity index (χ1n) is 13.7. The first-order valence-corrected chi connectivity index (χ1v) is 13.7. The van der Waals surface area contributed by atoms with Crippen LogP contribution in [0.5, 0.6) is 23.0 Å². The van der Waals surface area contributed by atoms with Gasteiger partial charge in [-0.2, -0.15) is 0 Å². The molecule has 40 heavy (non-hydrogen) atoms. The molecule has 0 bridgehead atoms. The zero-order valence-corrected chi connectivity index (χ0v) is 23.9. The third-order valence-electron chi connectivity index (χ3n) is 6.26. The van der Waals surface area contributed by atoms with E-state index in [0.29, 0.717) is 60.4 Å². The fourth-order valence-electron chi connectivity index (χ4n) is 3.91. The van der Waals surface area contributed by atoms with E-state index in [9.17, 15) is 9.59 Å². The summed E-state index contributed by atoms with van der Waals surface area (Å²) in [6, 6.07) is 17.8. The predicted molar refractivity (Wildman–Crippen MR) is 156 cm³/mol. The van der Waals surface area contributed by atoms with Crippen LogP contribution in [-0.2, 0) is 13.1 Å². The smallest absolute Gasteiger partial charge is 0.251 e. The monoisotopic (exact) mass is 548 g/mol. The summed E-state index contributed by atoms with van der Waals surface area (Å²) in [7, 11) is 3.19. The van der Waals surface area contributed by atoms with Crippen molar-refractivity contribution < 1.29 is 28.5 Å². The van der Waals surface area contributed by atoms with E-state index in [1.807, 2.05) is 36.4 Å². The number of ether oxygens (including phenoxy) is 4. The summed E-state index contributed by atoms with van der Waals surface area (Å²) in [5.41, 5.74) is 2.54. The number of carbonyl (C=O) groups is 2. The fraction of sp³-hybridized carbons (Fsp3) is 0.375. The Hall–Kier alpha value is -4.20. The van der Waals surface area contributed by atoms with Crippen LogP contribution in [0, 0.1) is 0 Å². The maximum Gasteiger partial charge on any atom is 0.251 e. The molecule has 0 fully saturated rings. The van der Waals surface area contributed by atoms with Crippen molar-refractivity contribution >= 4 is 11.8 Å². The summed E-state index contributed by atoms with van der Waals surface area (Å²) >= 11 is 0. The molecule has 0 radical (unpaired) electrons. The molecule has 2 N–H and O–H groups in total. The van der Waals surface area contributed by atoms with Crippen LogP contribution < -0.4 is 29.6 Å². The van der Waals surface area contributed by atoms with Gasteiger partial charge in [-0.3, -0.25) is 9.59 Å². The van der Waals surface area contributed by atoms with Crippen molar-refractivity contribution in [1.29, 1.82) is 0 Å². The lowest BCUT2D eigenvalue weighted by molar-refractivity contribution is 0.0950. The van der Waals surface area contributed by atoms with Gasteiger partial charge in [0, 0.05) is 24.2 Å². The molecular formula is C32H40N2O6. The fourth-order valence-corrected chi connectivity index (χ4v) is 3.91. The summed E-state index contributed by atoms with van der Waals surface area (Å²) in [6.07, 6.45) is 4.03. The van der Waals surface area contributed by atoms with Crippen LogP contribution in [0.4, 0.5) is 0 Å². The van der Waals surface area contributed by atoms with Crippen molar-refractivity contribution in [1.82, 2.24) is 10.6 Å². The Morgan fingerprint density at radius 1 is 0.625 bits per heavy atom. The molecular weight excluding hydrogens is 508 g/mol. The highest BCUT2D eigenvalue weighted by atomic mass is 16.5. The van der Waals surface area contributed by atoms with Crippen LogP contribution in [0.1, 0.15) is 71.4 Å². The first-order chi connectivity index (χ1) is 19.5. The zero-order chi connectivity index (χ0) is 28.7. The second kappa shape index (κ2) is 16.0. The minimum absolute atomic E-state index is 0.278. The van der Waals surface area contributed by atoms with Gasteiger partial charge in [-0.15, -0.1) is 0 Å². The van der Waals surface area contributed by atoms with Crippen molar-refractivity contribution in [3.8, 4) is 23.0 Å². The number of benzene rings is 3. The van der Waals surface area contributed by atoms with Crippen LogP contribution in [0.3, 0.4) is 0 Å². The number of hydrogen-bond donors (Lipinski definition) is 2. The van der Waals surface area contributed by atoms with Crippen molar-refractivity contribution in [2.24, 2.45) is 0 Å². The molecule has 0 atom stereocenters. The number of nitrogens with one attached hydrogen (secondary N) is 2. The molecule has 0 saturated heterocycles. The Morgan fingerprint density at radius 2 is 1.07 bits per heavy atom. The van der Waals surface area contributed by atoms with Crippen LogP contribution in [0.2, 0.25) is 0 Å². The van der Waals surface area contributed by atoms with Gasteiger partial charge >= 0.3 is 0 Å². The Labute approximate surface area is 237 Å². The molecule has 3 aromatic carbocycles. The van der Waals surface area contributed by atoms with Crippen LogP contribution in [-0.4, -0.2) is 39.2 Å². The summed E-state index contributed by atoms with van der Waals surface area (Å²) in [6.45, 7) is 6.08. The normalized spacial score (nSPS) is 10.5. The minimum Gasteiger partial charge on any atom is -0.493 e. The van der Waals surface area contributed by atoms with Gasteiger partial charge in [-0.1, -0.05) is 44.9 Å². The number of hydrogen-bond acceptors (Lipinski definition) is 6. The average Bonchev–Trinajstić information content (AvgIpc) is 2.99. The maximum absolute atomic E-state index is 12.8. The van der Waals surface area contributed by atoms with E-state index in [1.165, 1.54) is 0 Å². The second-order valence-corrected chi connectivity index (χ2v) is 9.32. The van der Waals surface area contributed by atoms with Crippen molar-refractivity contribution in [2.75, 3.05) is 27.4 Å². The maximum atomic E-state index is 12.8. The van der Waals surface area contributed by atoms with Gasteiger partial charge in [-0.25, -0.2) is 0 Å². The molecule has 3 aromatic rings. The SMILES string of the molecule is CCCCOc1ccc(CNC(=O)c2cccc(C(=O)NCc3ccc(OCCCC)c(OC)c3)c2)cc1OC. The summed E-state index contributed by atoms with van der Waals surface area (Å²) in [5.74, 6) is 2.05. The van der Waals surface area contributed by atoms with Crippen LogP contribution in [0.25, 0.3) is 0 Å². The highest BCUT2D eigenvalue weighted by molar-refractivity contribution is 5.99. The molecule has 214 valence electrons. The number of rotatable bonds is 16. The van der Waals surface area contributed by atoms with Crippen molar-refractivity contribution in [3.63, 3.8) is 0 Å². The largest absolute Gasteiger partial charge is 0.493 e. The topological polar surface area (TPSA) is 95.1 Å². The molecule has 0 aliphatic heterocycles. The molecule has 0 aromatic heterocycles. The van der Waals surface area contributed by atoms with Crippen molar-refractivity contribution in [2.45, 2.75) is 52.6 Å². The molecule has 0 spiro atoms. The van der Waals surface area contributed by atoms with E-state index in [4.69, 9.17) is 18.9 Å². The molecule has 8 nitrogen and oxygen atoms in total. The number of methoxy groups -OCH3 is 2. The van der Waals surface area contributed by atoms with E-state index < -0.39 is 0 Å². The Morgan fingerprint density at radius 3 is 1.48 bits per heavy atom. The summed E-state index contributed by atoms with van der Waals surface area (Å²) in [5, 5.41) is 5.81. The average molecular weight is 549 g/mol. The van der Waals surface area contributed by atoms with Gasteiger partial charge in [0.25, 0.3) is 11.8 Å². The minimum atomic E-state index is -0.278. The van der Waals surface area contributed by atoms with Gasteiger partial charge < -0.3 is 29.6 Å². The van der Waals surface area contributed by atoms with Gasteiger partial charge in [-0.05, 0) is 66.4 Å². The lowest BCUT2D eigenvalue weighted by atomic mass is 10.1. The zero-order valence-electron chi connectivity index (χ0n) is 23.9. The lowest BCUT2D eigenvalue weighted by Crippen LogP contribution is -2.25. The highest BCUT2D eigenvalue weighted by Gasteiger charge is 2.13. The molecule has 0 heterocycles. The number of unbranched alkanes of at least 4 members (excludes halogenated alkanes) is 2. The Kier molecular flexibility index (Phi) is 12.2. The van der Waals surface area contributed by atoms with Crippen molar-refractivity contribution in [3.05, 3.63) is 82.9 Å². The predicted octanol–water partition coefficient (Wildman–Crippen LogP) is 5.92. The summed E-state index contributed by atoms with van der Waals surface area (Å²) < 4.78 is 22.4. The van der Waals surface area contributed by atoms with Crippen LogP contribution in [0.15, 0.2) is 60.7 Å². The lowest BCUT2D eigenvalue weighted by Gasteiger charge is -2.13. The van der Waals surface area contributed by atoms with E-state index >= 15 is 0 Å². The van der Waals surface area contributed by atoms with Gasteiger partial charge in [0.05, 0.1) is 27.4 Å². The van der Waals surface area contributed by atoms with E-state index in [1.54, 1.807) is 38.5 Å². The molecule has 3 rings (SSSR count). The molecule has 0 aliphatic rings. The molecule has 0 unspecified atom stereocenters.